The first kappa shape index (κ1) is 5.60. The first-order chi connectivity index (χ1) is 3.75. The average Bonchev–Trinajstić information content (AvgIpc) is 2.45. The Morgan fingerprint density at radius 2 is 2.25 bits per heavy atom. The fourth-order valence-corrected chi connectivity index (χ4v) is 0.802. The summed E-state index contributed by atoms with van der Waals surface area (Å²) in [6.45, 7) is 2.06. The quantitative estimate of drug-likeness (QED) is 0.472. The van der Waals surface area contributed by atoms with Crippen LogP contribution in [-0.4, -0.2) is 13.1 Å². The first-order valence-corrected chi connectivity index (χ1v) is 2.83. The van der Waals surface area contributed by atoms with Crippen LogP contribution >= 0.6 is 0 Å². The number of esters is 1. The fourth-order valence-electron chi connectivity index (χ4n) is 0.802. The summed E-state index contributed by atoms with van der Waals surface area (Å²) in [7, 11) is 1.44. The number of methoxy groups -OCH3 is 1. The molecule has 1 rings (SSSR count). The van der Waals surface area contributed by atoms with E-state index in [1.807, 2.05) is 0 Å². The van der Waals surface area contributed by atoms with Gasteiger partial charge >= 0.3 is 5.97 Å². The number of carbonyl (C=O) groups is 1. The Hall–Kier alpha value is -0.530. The van der Waals surface area contributed by atoms with Crippen molar-refractivity contribution in [3.8, 4) is 0 Å². The van der Waals surface area contributed by atoms with Crippen molar-refractivity contribution in [2.45, 2.75) is 13.3 Å². The summed E-state index contributed by atoms with van der Waals surface area (Å²) < 4.78 is 4.51. The molecule has 2 atom stereocenters. The zero-order chi connectivity index (χ0) is 6.15. The van der Waals surface area contributed by atoms with Crippen molar-refractivity contribution in [1.82, 2.24) is 0 Å². The van der Waals surface area contributed by atoms with Crippen LogP contribution in [0.2, 0.25) is 0 Å². The second-order valence-corrected chi connectivity index (χ2v) is 2.34. The summed E-state index contributed by atoms with van der Waals surface area (Å²) in [6, 6.07) is 0. The van der Waals surface area contributed by atoms with Crippen LogP contribution in [0.3, 0.4) is 0 Å². The van der Waals surface area contributed by atoms with Gasteiger partial charge in [0.25, 0.3) is 0 Å². The molecule has 0 aromatic rings. The molecular weight excluding hydrogens is 104 g/mol. The lowest BCUT2D eigenvalue weighted by atomic mass is 10.3. The fraction of sp³-hybridized carbons (Fsp3) is 0.833. The molecule has 0 spiro atoms. The molecule has 8 heavy (non-hydrogen) atoms. The molecule has 2 nitrogen and oxygen atoms in total. The van der Waals surface area contributed by atoms with Crippen molar-refractivity contribution in [2.24, 2.45) is 11.8 Å². The largest absolute Gasteiger partial charge is 0.469 e. The molecule has 0 N–H and O–H groups in total. The van der Waals surface area contributed by atoms with Crippen molar-refractivity contribution in [3.05, 3.63) is 0 Å². The van der Waals surface area contributed by atoms with Gasteiger partial charge in [-0.15, -0.1) is 0 Å². The van der Waals surface area contributed by atoms with E-state index in [-0.39, 0.29) is 11.9 Å². The molecule has 46 valence electrons. The number of ether oxygens (including phenoxy) is 1. The van der Waals surface area contributed by atoms with Gasteiger partial charge in [0, 0.05) is 0 Å². The molecule has 0 aromatic carbocycles. The van der Waals surface area contributed by atoms with Crippen LogP contribution in [0, 0.1) is 11.8 Å². The zero-order valence-corrected chi connectivity index (χ0v) is 5.18. The third-order valence-corrected chi connectivity index (χ3v) is 1.61. The lowest BCUT2D eigenvalue weighted by Crippen LogP contribution is -2.02. The van der Waals surface area contributed by atoms with Crippen LogP contribution in [0.5, 0.6) is 0 Å². The maximum absolute atomic E-state index is 10.6. The first-order valence-electron chi connectivity index (χ1n) is 2.83. The Balaban J connectivity index is 2.28. The molecular formula is C6H10O2. The van der Waals surface area contributed by atoms with E-state index in [1.165, 1.54) is 7.11 Å². The summed E-state index contributed by atoms with van der Waals surface area (Å²) in [5.41, 5.74) is 0. The third-order valence-electron chi connectivity index (χ3n) is 1.61. The number of hydrogen-bond acceptors (Lipinski definition) is 2. The molecule has 1 saturated carbocycles. The highest BCUT2D eigenvalue weighted by molar-refractivity contribution is 5.75. The van der Waals surface area contributed by atoms with E-state index in [2.05, 4.69) is 11.7 Å². The van der Waals surface area contributed by atoms with Gasteiger partial charge in [-0.05, 0) is 12.3 Å². The number of rotatable bonds is 1. The lowest BCUT2D eigenvalue weighted by molar-refractivity contribution is -0.142. The summed E-state index contributed by atoms with van der Waals surface area (Å²) in [5.74, 6) is 0.750. The van der Waals surface area contributed by atoms with Crippen molar-refractivity contribution in [2.75, 3.05) is 7.11 Å². The van der Waals surface area contributed by atoms with Gasteiger partial charge in [-0.25, -0.2) is 0 Å². The van der Waals surface area contributed by atoms with E-state index in [4.69, 9.17) is 0 Å². The molecule has 0 heterocycles. The maximum atomic E-state index is 10.6. The molecule has 1 fully saturated rings. The topological polar surface area (TPSA) is 26.3 Å². The Morgan fingerprint density at radius 3 is 2.38 bits per heavy atom. The minimum absolute atomic E-state index is 0.0440. The summed E-state index contributed by atoms with van der Waals surface area (Å²) in [4.78, 5) is 10.6. The minimum Gasteiger partial charge on any atom is -0.469 e. The Morgan fingerprint density at radius 1 is 1.75 bits per heavy atom. The van der Waals surface area contributed by atoms with Crippen molar-refractivity contribution < 1.29 is 9.53 Å². The van der Waals surface area contributed by atoms with Gasteiger partial charge in [0.1, 0.15) is 0 Å². The van der Waals surface area contributed by atoms with Crippen LogP contribution in [0.15, 0.2) is 0 Å². The van der Waals surface area contributed by atoms with E-state index >= 15 is 0 Å². The normalized spacial score (nSPS) is 34.2. The highest BCUT2D eigenvalue weighted by Crippen LogP contribution is 2.38. The van der Waals surface area contributed by atoms with Gasteiger partial charge in [0.15, 0.2) is 0 Å². The Kier molecular flexibility index (Phi) is 1.24. The van der Waals surface area contributed by atoms with E-state index in [0.29, 0.717) is 5.92 Å². The number of hydrogen-bond donors (Lipinski definition) is 0. The van der Waals surface area contributed by atoms with E-state index in [9.17, 15) is 4.79 Å². The molecule has 1 aliphatic carbocycles. The molecule has 2 heteroatoms. The van der Waals surface area contributed by atoms with Crippen molar-refractivity contribution in [1.29, 1.82) is 0 Å². The molecule has 0 amide bonds. The summed E-state index contributed by atoms with van der Waals surface area (Å²) in [5, 5.41) is 0. The predicted octanol–water partition coefficient (Wildman–Crippen LogP) is 0.815. The highest BCUT2D eigenvalue weighted by atomic mass is 16.5. The molecule has 0 bridgehead atoms. The van der Waals surface area contributed by atoms with E-state index < -0.39 is 0 Å². The smallest absolute Gasteiger partial charge is 0.308 e. The molecule has 0 aromatic heterocycles. The molecule has 1 aliphatic rings. The van der Waals surface area contributed by atoms with Crippen LogP contribution in [-0.2, 0) is 9.53 Å². The van der Waals surface area contributed by atoms with Crippen molar-refractivity contribution in [3.63, 3.8) is 0 Å². The Bertz CT molecular complexity index is 109. The zero-order valence-electron chi connectivity index (χ0n) is 5.18. The van der Waals surface area contributed by atoms with Gasteiger partial charge < -0.3 is 4.74 Å². The molecule has 0 radical (unpaired) electrons. The molecule has 1 unspecified atom stereocenters. The lowest BCUT2D eigenvalue weighted by Gasteiger charge is -1.91. The summed E-state index contributed by atoms with van der Waals surface area (Å²) >= 11 is 0. The van der Waals surface area contributed by atoms with Gasteiger partial charge in [-0.3, -0.25) is 4.79 Å². The monoisotopic (exact) mass is 114 g/mol. The molecule has 0 aliphatic heterocycles. The van der Waals surface area contributed by atoms with Crippen molar-refractivity contribution >= 4 is 5.97 Å². The highest BCUT2D eigenvalue weighted by Gasteiger charge is 2.39. The minimum atomic E-state index is -0.0440. The number of carbonyl (C=O) groups excluding carboxylic acids is 1. The van der Waals surface area contributed by atoms with Crippen LogP contribution in [0.1, 0.15) is 13.3 Å². The Labute approximate surface area is 48.8 Å². The SMILES string of the molecule is COC(=O)[C@@H]1CC1C. The van der Waals surface area contributed by atoms with Crippen LogP contribution in [0.4, 0.5) is 0 Å². The van der Waals surface area contributed by atoms with Gasteiger partial charge in [0.2, 0.25) is 0 Å². The third kappa shape index (κ3) is 0.831. The van der Waals surface area contributed by atoms with Crippen LogP contribution < -0.4 is 0 Å². The van der Waals surface area contributed by atoms with Crippen LogP contribution in [0.25, 0.3) is 0 Å². The van der Waals surface area contributed by atoms with E-state index in [1.54, 1.807) is 0 Å². The summed E-state index contributed by atoms with van der Waals surface area (Å²) in [6.07, 6.45) is 1.02. The standard InChI is InChI=1S/C6H10O2/c1-4-3-5(4)6(7)8-2/h4-5H,3H2,1-2H3/t4?,5-/m1/s1. The maximum Gasteiger partial charge on any atom is 0.308 e. The second-order valence-electron chi connectivity index (χ2n) is 2.34. The van der Waals surface area contributed by atoms with Gasteiger partial charge in [0.05, 0.1) is 13.0 Å². The molecule has 0 saturated heterocycles. The van der Waals surface area contributed by atoms with Gasteiger partial charge in [-0.1, -0.05) is 6.92 Å². The van der Waals surface area contributed by atoms with Gasteiger partial charge in [-0.2, -0.15) is 0 Å². The van der Waals surface area contributed by atoms with E-state index in [0.717, 1.165) is 6.42 Å². The average molecular weight is 114 g/mol. The second kappa shape index (κ2) is 1.77. The predicted molar refractivity (Wildman–Crippen MR) is 29.3 cm³/mol.